The Labute approximate surface area is 189 Å². The Bertz CT molecular complexity index is 1000. The van der Waals surface area contributed by atoms with Gasteiger partial charge in [-0.2, -0.15) is 0 Å². The third-order valence-corrected chi connectivity index (χ3v) is 5.47. The van der Waals surface area contributed by atoms with E-state index in [0.717, 1.165) is 0 Å². The van der Waals surface area contributed by atoms with Crippen LogP contribution in [0.25, 0.3) is 0 Å². The van der Waals surface area contributed by atoms with Crippen LogP contribution in [0.3, 0.4) is 0 Å². The van der Waals surface area contributed by atoms with E-state index in [1.807, 2.05) is 24.3 Å². The number of methoxy groups -OCH3 is 1. The summed E-state index contributed by atoms with van der Waals surface area (Å²) in [6, 6.07) is 12.5. The Morgan fingerprint density at radius 1 is 1.10 bits per heavy atom. The molecule has 0 aliphatic carbocycles. The third-order valence-electron chi connectivity index (χ3n) is 4.15. The van der Waals surface area contributed by atoms with E-state index >= 15 is 0 Å². The van der Waals surface area contributed by atoms with Crippen molar-refractivity contribution in [2.24, 2.45) is 5.10 Å². The van der Waals surface area contributed by atoms with Gasteiger partial charge in [0.25, 0.3) is 0 Å². The molecule has 1 atom stereocenters. The average molecular weight is 464 g/mol. The number of amides is 2. The van der Waals surface area contributed by atoms with Crippen LogP contribution < -0.4 is 19.5 Å². The van der Waals surface area contributed by atoms with E-state index in [4.69, 9.17) is 25.8 Å². The van der Waals surface area contributed by atoms with Crippen LogP contribution in [0.4, 0.5) is 0 Å². The minimum atomic E-state index is -0.525. The van der Waals surface area contributed by atoms with Gasteiger partial charge in [0, 0.05) is 24.4 Å². The van der Waals surface area contributed by atoms with Crippen LogP contribution in [-0.2, 0) is 9.59 Å². The van der Waals surface area contributed by atoms with Gasteiger partial charge in [0.15, 0.2) is 16.7 Å². The number of hydrogen-bond acceptors (Lipinski definition) is 7. The minimum absolute atomic E-state index is 0.254. The van der Waals surface area contributed by atoms with Gasteiger partial charge in [-0.1, -0.05) is 35.5 Å². The molecule has 8 nitrogen and oxygen atoms in total. The molecule has 0 radical (unpaired) electrons. The minimum Gasteiger partial charge on any atom is -0.493 e. The molecule has 31 heavy (non-hydrogen) atoms. The predicted octanol–water partition coefficient (Wildman–Crippen LogP) is 3.81. The van der Waals surface area contributed by atoms with Crippen LogP contribution in [0.15, 0.2) is 47.6 Å². The number of hydrogen-bond donors (Lipinski definition) is 1. The molecule has 0 fully saturated rings. The Balaban J connectivity index is 1.72. The molecule has 1 aliphatic rings. The summed E-state index contributed by atoms with van der Waals surface area (Å²) in [5, 5.41) is 8.41. The number of para-hydroxylation sites is 2. The molecule has 2 amide bonds. The first kappa shape index (κ1) is 22.8. The number of nitrogens with zero attached hydrogens (tertiary/aromatic N) is 2. The molecule has 164 valence electrons. The molecule has 0 spiro atoms. The number of nitrogens with one attached hydrogen (secondary N) is 1. The van der Waals surface area contributed by atoms with Gasteiger partial charge in [-0.25, -0.2) is 5.01 Å². The highest BCUT2D eigenvalue weighted by Crippen LogP contribution is 2.43. The molecule has 0 saturated carbocycles. The van der Waals surface area contributed by atoms with Crippen molar-refractivity contribution in [3.8, 4) is 17.2 Å². The first-order valence-electron chi connectivity index (χ1n) is 9.39. The largest absolute Gasteiger partial charge is 0.493 e. The second-order valence-corrected chi connectivity index (χ2v) is 7.96. The fraction of sp³-hybridized carbons (Fsp3) is 0.286. The van der Waals surface area contributed by atoms with Gasteiger partial charge in [0.1, 0.15) is 24.3 Å². The molecule has 1 aliphatic heterocycles. The zero-order chi connectivity index (χ0) is 22.4. The molecule has 1 heterocycles. The maximum atomic E-state index is 12.1. The van der Waals surface area contributed by atoms with Crippen LogP contribution in [0.1, 0.15) is 24.8 Å². The van der Waals surface area contributed by atoms with Crippen LogP contribution in [-0.4, -0.2) is 42.3 Å². The van der Waals surface area contributed by atoms with Crippen molar-refractivity contribution in [1.82, 2.24) is 10.3 Å². The van der Waals surface area contributed by atoms with Crippen LogP contribution >= 0.6 is 23.4 Å². The van der Waals surface area contributed by atoms with E-state index in [9.17, 15) is 9.59 Å². The van der Waals surface area contributed by atoms with E-state index < -0.39 is 5.37 Å². The van der Waals surface area contributed by atoms with Crippen molar-refractivity contribution in [3.63, 3.8) is 0 Å². The molecule has 0 unspecified atom stereocenters. The summed E-state index contributed by atoms with van der Waals surface area (Å²) < 4.78 is 16.9. The summed E-state index contributed by atoms with van der Waals surface area (Å²) in [4.78, 5) is 23.5. The van der Waals surface area contributed by atoms with E-state index in [-0.39, 0.29) is 25.0 Å². The van der Waals surface area contributed by atoms with Crippen molar-refractivity contribution in [2.45, 2.75) is 19.2 Å². The number of carbonyl (C=O) groups excluding carboxylic acids is 2. The van der Waals surface area contributed by atoms with Gasteiger partial charge < -0.3 is 19.5 Å². The molecular weight excluding hydrogens is 442 g/mol. The van der Waals surface area contributed by atoms with Crippen molar-refractivity contribution in [2.75, 3.05) is 20.3 Å². The van der Waals surface area contributed by atoms with Gasteiger partial charge in [-0.15, -0.1) is 5.10 Å². The van der Waals surface area contributed by atoms with Gasteiger partial charge in [0.2, 0.25) is 11.8 Å². The first-order chi connectivity index (χ1) is 14.9. The highest BCUT2D eigenvalue weighted by molar-refractivity contribution is 8.14. The number of thioether (sulfide) groups is 1. The number of ether oxygens (including phenoxy) is 3. The number of halogens is 1. The molecule has 10 heteroatoms. The van der Waals surface area contributed by atoms with E-state index in [0.29, 0.717) is 33.0 Å². The highest BCUT2D eigenvalue weighted by Gasteiger charge is 2.34. The molecule has 2 aromatic rings. The zero-order valence-electron chi connectivity index (χ0n) is 17.3. The van der Waals surface area contributed by atoms with Crippen molar-refractivity contribution < 1.29 is 23.8 Å². The summed E-state index contributed by atoms with van der Waals surface area (Å²) in [7, 11) is 1.58. The molecule has 0 aromatic heterocycles. The Morgan fingerprint density at radius 2 is 1.77 bits per heavy atom. The standard InChI is InChI=1S/C21H22ClN3O5S/c1-13(26)23-21-24-25(14(2)27)20(31-21)16-12-15(22)8-9-17(16)29-10-11-30-19-7-5-4-6-18(19)28-3/h4-9,12,20H,10-11H2,1-3H3,(H,23,24,26)/t20-/m1/s1. The second kappa shape index (κ2) is 10.4. The molecule has 3 rings (SSSR count). The van der Waals surface area contributed by atoms with Crippen molar-refractivity contribution in [3.05, 3.63) is 53.1 Å². The van der Waals surface area contributed by atoms with Crippen LogP contribution in [0.5, 0.6) is 17.2 Å². The lowest BCUT2D eigenvalue weighted by Gasteiger charge is -2.22. The maximum absolute atomic E-state index is 12.1. The predicted molar refractivity (Wildman–Crippen MR) is 120 cm³/mol. The molecule has 1 N–H and O–H groups in total. The number of amidine groups is 1. The van der Waals surface area contributed by atoms with Crippen LogP contribution in [0.2, 0.25) is 5.02 Å². The molecular formula is C21H22ClN3O5S. The molecule has 0 bridgehead atoms. The Morgan fingerprint density at radius 3 is 2.42 bits per heavy atom. The number of rotatable bonds is 7. The van der Waals surface area contributed by atoms with E-state index in [1.165, 1.54) is 30.6 Å². The molecule has 0 saturated heterocycles. The second-order valence-electron chi connectivity index (χ2n) is 6.45. The topological polar surface area (TPSA) is 89.5 Å². The SMILES string of the molecule is COc1ccccc1OCCOc1ccc(Cl)cc1[C@H]1SC(NC(C)=O)=NN1C(C)=O. The summed E-state index contributed by atoms with van der Waals surface area (Å²) in [5.74, 6) is 1.25. The average Bonchev–Trinajstić information content (AvgIpc) is 3.15. The number of carbonyl (C=O) groups is 2. The summed E-state index contributed by atoms with van der Waals surface area (Å²) in [6.07, 6.45) is 0. The van der Waals surface area contributed by atoms with Crippen molar-refractivity contribution in [1.29, 1.82) is 0 Å². The Hall–Kier alpha value is -2.91. The lowest BCUT2D eigenvalue weighted by molar-refractivity contribution is -0.129. The third kappa shape index (κ3) is 5.83. The Kier molecular flexibility index (Phi) is 7.64. The number of benzene rings is 2. The monoisotopic (exact) mass is 463 g/mol. The first-order valence-corrected chi connectivity index (χ1v) is 10.7. The lowest BCUT2D eigenvalue weighted by Crippen LogP contribution is -2.25. The van der Waals surface area contributed by atoms with E-state index in [2.05, 4.69) is 10.4 Å². The lowest BCUT2D eigenvalue weighted by atomic mass is 10.2. The zero-order valence-corrected chi connectivity index (χ0v) is 18.8. The normalized spacial score (nSPS) is 15.3. The van der Waals surface area contributed by atoms with Gasteiger partial charge >= 0.3 is 0 Å². The molecule has 2 aromatic carbocycles. The van der Waals surface area contributed by atoms with Crippen molar-refractivity contribution >= 4 is 40.3 Å². The van der Waals surface area contributed by atoms with Gasteiger partial charge in [-0.3, -0.25) is 9.59 Å². The number of hydrazone groups is 1. The van der Waals surface area contributed by atoms with Gasteiger partial charge in [0.05, 0.1) is 7.11 Å². The van der Waals surface area contributed by atoms with E-state index in [1.54, 1.807) is 25.3 Å². The van der Waals surface area contributed by atoms with Crippen LogP contribution in [0, 0.1) is 0 Å². The fourth-order valence-electron chi connectivity index (χ4n) is 2.85. The highest BCUT2D eigenvalue weighted by atomic mass is 35.5. The summed E-state index contributed by atoms with van der Waals surface area (Å²) in [6.45, 7) is 3.32. The fourth-order valence-corrected chi connectivity index (χ4v) is 4.19. The maximum Gasteiger partial charge on any atom is 0.241 e. The quantitative estimate of drug-likeness (QED) is 0.628. The van der Waals surface area contributed by atoms with Gasteiger partial charge in [-0.05, 0) is 30.3 Å². The smallest absolute Gasteiger partial charge is 0.241 e. The summed E-state index contributed by atoms with van der Waals surface area (Å²) in [5.41, 5.74) is 0.661. The summed E-state index contributed by atoms with van der Waals surface area (Å²) >= 11 is 7.43.